The third-order valence-electron chi connectivity index (χ3n) is 5.11. The number of anilines is 1. The summed E-state index contributed by atoms with van der Waals surface area (Å²) < 4.78 is 8.28. The van der Waals surface area contributed by atoms with E-state index >= 15 is 0 Å². The Balaban J connectivity index is 1.71. The lowest BCUT2D eigenvalue weighted by Gasteiger charge is -2.13. The molecule has 2 heterocycles. The molecule has 2 aromatic carbocycles. The number of hydrogen-bond acceptors (Lipinski definition) is 5. The number of thiophene rings is 1. The third kappa shape index (κ3) is 4.22. The maximum atomic E-state index is 13.3. The molecule has 8 heteroatoms. The van der Waals surface area contributed by atoms with Crippen molar-refractivity contribution in [2.75, 3.05) is 11.9 Å². The highest BCUT2D eigenvalue weighted by molar-refractivity contribution is 7.17. The molecule has 2 aromatic heterocycles. The molecular formula is C24H23N3O4S. The van der Waals surface area contributed by atoms with E-state index in [9.17, 15) is 14.4 Å². The highest BCUT2D eigenvalue weighted by Crippen LogP contribution is 2.18. The molecule has 1 N–H and O–H groups in total. The Labute approximate surface area is 188 Å². The van der Waals surface area contributed by atoms with Crippen LogP contribution in [0.3, 0.4) is 0 Å². The summed E-state index contributed by atoms with van der Waals surface area (Å²) in [5, 5.41) is 4.56. The normalized spacial score (nSPS) is 10.9. The van der Waals surface area contributed by atoms with E-state index in [0.29, 0.717) is 33.9 Å². The SMILES string of the molecule is CCOc1ccc(-n2c(=O)c3sccc3n(CC(=O)Nc3ccc(CC)cc3)c2=O)cc1. The lowest BCUT2D eigenvalue weighted by molar-refractivity contribution is -0.116. The topological polar surface area (TPSA) is 82.3 Å². The zero-order valence-corrected chi connectivity index (χ0v) is 18.6. The molecule has 0 saturated carbocycles. The summed E-state index contributed by atoms with van der Waals surface area (Å²) in [6, 6.07) is 16.0. The van der Waals surface area contributed by atoms with E-state index in [-0.39, 0.29) is 12.5 Å². The molecule has 32 heavy (non-hydrogen) atoms. The van der Waals surface area contributed by atoms with Crippen LogP contribution in [-0.4, -0.2) is 21.6 Å². The Hall–Kier alpha value is -3.65. The van der Waals surface area contributed by atoms with Crippen molar-refractivity contribution in [3.63, 3.8) is 0 Å². The minimum absolute atomic E-state index is 0.209. The number of rotatable bonds is 7. The number of carbonyl (C=O) groups is 1. The number of carbonyl (C=O) groups excluding carboxylic acids is 1. The molecule has 0 unspecified atom stereocenters. The van der Waals surface area contributed by atoms with Gasteiger partial charge in [-0.2, -0.15) is 0 Å². The van der Waals surface area contributed by atoms with Gasteiger partial charge in [0.25, 0.3) is 5.56 Å². The zero-order chi connectivity index (χ0) is 22.7. The summed E-state index contributed by atoms with van der Waals surface area (Å²) >= 11 is 1.24. The fraction of sp³-hybridized carbons (Fsp3) is 0.208. The summed E-state index contributed by atoms with van der Waals surface area (Å²) in [5.74, 6) is 0.302. The Morgan fingerprint density at radius 1 is 1.00 bits per heavy atom. The molecule has 4 aromatic rings. The van der Waals surface area contributed by atoms with Gasteiger partial charge < -0.3 is 10.1 Å². The van der Waals surface area contributed by atoms with Crippen molar-refractivity contribution >= 4 is 33.1 Å². The lowest BCUT2D eigenvalue weighted by Crippen LogP contribution is -2.40. The maximum Gasteiger partial charge on any atom is 0.336 e. The van der Waals surface area contributed by atoms with Gasteiger partial charge in [0.15, 0.2) is 0 Å². The Morgan fingerprint density at radius 3 is 2.38 bits per heavy atom. The second-order valence-corrected chi connectivity index (χ2v) is 8.09. The van der Waals surface area contributed by atoms with Crippen LogP contribution in [0.1, 0.15) is 19.4 Å². The first kappa shape index (κ1) is 21.6. The van der Waals surface area contributed by atoms with Crippen molar-refractivity contribution in [1.82, 2.24) is 9.13 Å². The highest BCUT2D eigenvalue weighted by atomic mass is 32.1. The van der Waals surface area contributed by atoms with Crippen LogP contribution in [0.4, 0.5) is 5.69 Å². The summed E-state index contributed by atoms with van der Waals surface area (Å²) in [6.45, 7) is 4.25. The maximum absolute atomic E-state index is 13.3. The predicted molar refractivity (Wildman–Crippen MR) is 127 cm³/mol. The second-order valence-electron chi connectivity index (χ2n) is 7.17. The number of aromatic nitrogens is 2. The molecule has 0 aliphatic carbocycles. The van der Waals surface area contributed by atoms with E-state index in [0.717, 1.165) is 11.0 Å². The molecule has 7 nitrogen and oxygen atoms in total. The Morgan fingerprint density at radius 2 is 1.72 bits per heavy atom. The van der Waals surface area contributed by atoms with Crippen molar-refractivity contribution in [2.45, 2.75) is 26.8 Å². The van der Waals surface area contributed by atoms with E-state index in [1.807, 2.05) is 31.2 Å². The Kier molecular flexibility index (Phi) is 6.23. The summed E-state index contributed by atoms with van der Waals surface area (Å²) in [4.78, 5) is 39.1. The van der Waals surface area contributed by atoms with Crippen molar-refractivity contribution in [1.29, 1.82) is 0 Å². The van der Waals surface area contributed by atoms with Crippen LogP contribution in [0.2, 0.25) is 0 Å². The molecule has 4 rings (SSSR count). The van der Waals surface area contributed by atoms with E-state index in [1.54, 1.807) is 35.7 Å². The van der Waals surface area contributed by atoms with Crippen LogP contribution in [0.25, 0.3) is 15.9 Å². The molecule has 0 aliphatic rings. The second kappa shape index (κ2) is 9.23. The quantitative estimate of drug-likeness (QED) is 0.465. The van der Waals surface area contributed by atoms with Crippen LogP contribution in [0.5, 0.6) is 5.75 Å². The predicted octanol–water partition coefficient (Wildman–Crippen LogP) is 3.81. The lowest BCUT2D eigenvalue weighted by atomic mass is 10.1. The average Bonchev–Trinajstić information content (AvgIpc) is 3.29. The molecule has 0 spiro atoms. The summed E-state index contributed by atoms with van der Waals surface area (Å²) in [7, 11) is 0. The van der Waals surface area contributed by atoms with E-state index in [1.165, 1.54) is 21.5 Å². The number of nitrogens with zero attached hydrogens (tertiary/aromatic N) is 2. The van der Waals surface area contributed by atoms with Crippen LogP contribution in [0, 0.1) is 0 Å². The van der Waals surface area contributed by atoms with Gasteiger partial charge in [-0.1, -0.05) is 19.1 Å². The minimum Gasteiger partial charge on any atom is -0.494 e. The van der Waals surface area contributed by atoms with Gasteiger partial charge in [-0.3, -0.25) is 14.2 Å². The van der Waals surface area contributed by atoms with Crippen LogP contribution in [-0.2, 0) is 17.8 Å². The fourth-order valence-corrected chi connectivity index (χ4v) is 4.32. The number of benzene rings is 2. The molecule has 0 aliphatic heterocycles. The number of amides is 1. The molecule has 0 atom stereocenters. The van der Waals surface area contributed by atoms with Gasteiger partial charge in [0, 0.05) is 5.69 Å². The van der Waals surface area contributed by atoms with Gasteiger partial charge in [0.2, 0.25) is 5.91 Å². The first-order valence-electron chi connectivity index (χ1n) is 10.4. The molecule has 0 saturated heterocycles. The minimum atomic E-state index is -0.568. The monoisotopic (exact) mass is 449 g/mol. The summed E-state index contributed by atoms with van der Waals surface area (Å²) in [5.41, 5.74) is 1.72. The standard InChI is InChI=1S/C24H23N3O4S/c1-3-16-5-7-17(8-6-16)25-21(28)15-26-20-13-14-32-22(20)23(29)27(24(26)30)18-9-11-19(12-10-18)31-4-2/h5-14H,3-4,15H2,1-2H3,(H,25,28). The van der Waals surface area contributed by atoms with Gasteiger partial charge in [0.05, 0.1) is 17.8 Å². The van der Waals surface area contributed by atoms with Crippen molar-refractivity contribution in [2.24, 2.45) is 0 Å². The molecule has 1 amide bonds. The van der Waals surface area contributed by atoms with Crippen molar-refractivity contribution < 1.29 is 9.53 Å². The number of hydrogen-bond donors (Lipinski definition) is 1. The van der Waals surface area contributed by atoms with E-state index < -0.39 is 11.2 Å². The molecule has 164 valence electrons. The molecule has 0 radical (unpaired) electrons. The van der Waals surface area contributed by atoms with Crippen molar-refractivity contribution in [3.8, 4) is 11.4 Å². The van der Waals surface area contributed by atoms with E-state index in [4.69, 9.17) is 4.74 Å². The van der Waals surface area contributed by atoms with Gasteiger partial charge >= 0.3 is 5.69 Å². The largest absolute Gasteiger partial charge is 0.494 e. The third-order valence-corrected chi connectivity index (χ3v) is 6.00. The highest BCUT2D eigenvalue weighted by Gasteiger charge is 2.17. The first-order chi connectivity index (χ1) is 15.5. The average molecular weight is 450 g/mol. The van der Waals surface area contributed by atoms with Crippen LogP contribution >= 0.6 is 11.3 Å². The number of aryl methyl sites for hydroxylation is 1. The number of nitrogens with one attached hydrogen (secondary N) is 1. The van der Waals surface area contributed by atoms with Crippen LogP contribution in [0.15, 0.2) is 69.6 Å². The van der Waals surface area contributed by atoms with Gasteiger partial charge in [0.1, 0.15) is 17.0 Å². The molecular weight excluding hydrogens is 426 g/mol. The van der Waals surface area contributed by atoms with Gasteiger partial charge in [-0.05, 0) is 66.8 Å². The molecule has 0 fully saturated rings. The Bertz CT molecular complexity index is 1370. The number of fused-ring (bicyclic) bond motifs is 1. The van der Waals surface area contributed by atoms with Crippen molar-refractivity contribution in [3.05, 3.63) is 86.4 Å². The zero-order valence-electron chi connectivity index (χ0n) is 17.8. The van der Waals surface area contributed by atoms with Gasteiger partial charge in [-0.25, -0.2) is 9.36 Å². The van der Waals surface area contributed by atoms with Gasteiger partial charge in [-0.15, -0.1) is 11.3 Å². The smallest absolute Gasteiger partial charge is 0.336 e. The fourth-order valence-electron chi connectivity index (χ4n) is 3.49. The van der Waals surface area contributed by atoms with Crippen LogP contribution < -0.4 is 21.3 Å². The summed E-state index contributed by atoms with van der Waals surface area (Å²) in [6.07, 6.45) is 0.910. The molecule has 0 bridgehead atoms. The van der Waals surface area contributed by atoms with E-state index in [2.05, 4.69) is 12.2 Å². The first-order valence-corrected chi connectivity index (χ1v) is 11.2. The number of ether oxygens (including phenoxy) is 1.